The third-order valence-corrected chi connectivity index (χ3v) is 3.38. The van der Waals surface area contributed by atoms with Gasteiger partial charge >= 0.3 is 0 Å². The molecule has 0 bridgehead atoms. The SMILES string of the molecule is CC(C)CCOCCn1cnc2c(c1=O)CCNC2. The highest BCUT2D eigenvalue weighted by Crippen LogP contribution is 2.05. The van der Waals surface area contributed by atoms with Crippen LogP contribution in [0.4, 0.5) is 0 Å². The van der Waals surface area contributed by atoms with Gasteiger partial charge in [-0.05, 0) is 25.3 Å². The molecule has 5 heteroatoms. The number of nitrogens with zero attached hydrogens (tertiary/aromatic N) is 2. The number of hydrogen-bond donors (Lipinski definition) is 1. The molecule has 0 atom stereocenters. The summed E-state index contributed by atoms with van der Waals surface area (Å²) in [4.78, 5) is 16.6. The Bertz CT molecular complexity index is 468. The lowest BCUT2D eigenvalue weighted by Crippen LogP contribution is -2.34. The highest BCUT2D eigenvalue weighted by atomic mass is 16.5. The minimum Gasteiger partial charge on any atom is -0.380 e. The molecule has 19 heavy (non-hydrogen) atoms. The van der Waals surface area contributed by atoms with Crippen LogP contribution in [-0.2, 0) is 24.2 Å². The molecule has 106 valence electrons. The highest BCUT2D eigenvalue weighted by Gasteiger charge is 2.14. The topological polar surface area (TPSA) is 56.2 Å². The lowest BCUT2D eigenvalue weighted by Gasteiger charge is -2.16. The summed E-state index contributed by atoms with van der Waals surface area (Å²) >= 11 is 0. The molecule has 0 aliphatic carbocycles. The van der Waals surface area contributed by atoms with Crippen LogP contribution in [0.15, 0.2) is 11.1 Å². The Morgan fingerprint density at radius 3 is 3.11 bits per heavy atom. The molecule has 0 aromatic carbocycles. The van der Waals surface area contributed by atoms with E-state index in [1.165, 1.54) is 0 Å². The second-order valence-corrected chi connectivity index (χ2v) is 5.39. The minimum atomic E-state index is 0.0963. The van der Waals surface area contributed by atoms with E-state index >= 15 is 0 Å². The molecule has 1 aromatic heterocycles. The molecule has 2 rings (SSSR count). The first-order valence-electron chi connectivity index (χ1n) is 7.04. The van der Waals surface area contributed by atoms with Gasteiger partial charge in [0.1, 0.15) is 0 Å². The van der Waals surface area contributed by atoms with Crippen molar-refractivity contribution >= 4 is 0 Å². The Morgan fingerprint density at radius 2 is 2.32 bits per heavy atom. The minimum absolute atomic E-state index is 0.0963. The van der Waals surface area contributed by atoms with Crippen molar-refractivity contribution in [3.8, 4) is 0 Å². The molecule has 0 spiro atoms. The van der Waals surface area contributed by atoms with Crippen molar-refractivity contribution in [2.75, 3.05) is 19.8 Å². The van der Waals surface area contributed by atoms with Crippen LogP contribution < -0.4 is 10.9 Å². The predicted molar refractivity (Wildman–Crippen MR) is 74.2 cm³/mol. The molecular formula is C14H23N3O2. The Kier molecular flexibility index (Phi) is 5.10. The van der Waals surface area contributed by atoms with Crippen LogP contribution >= 0.6 is 0 Å². The van der Waals surface area contributed by atoms with Crippen LogP contribution in [0.25, 0.3) is 0 Å². The second kappa shape index (κ2) is 6.82. The van der Waals surface area contributed by atoms with Gasteiger partial charge in [-0.15, -0.1) is 0 Å². The van der Waals surface area contributed by atoms with E-state index in [-0.39, 0.29) is 5.56 Å². The molecule has 1 N–H and O–H groups in total. The lowest BCUT2D eigenvalue weighted by molar-refractivity contribution is 0.115. The fraction of sp³-hybridized carbons (Fsp3) is 0.714. The molecule has 0 fully saturated rings. The van der Waals surface area contributed by atoms with E-state index in [0.29, 0.717) is 25.6 Å². The van der Waals surface area contributed by atoms with E-state index < -0.39 is 0 Å². The third kappa shape index (κ3) is 3.88. The smallest absolute Gasteiger partial charge is 0.256 e. The van der Waals surface area contributed by atoms with Crippen molar-refractivity contribution in [1.82, 2.24) is 14.9 Å². The summed E-state index contributed by atoms with van der Waals surface area (Å²) in [7, 11) is 0. The van der Waals surface area contributed by atoms with Crippen LogP contribution in [0.1, 0.15) is 31.5 Å². The number of nitrogens with one attached hydrogen (secondary N) is 1. The molecule has 0 amide bonds. The lowest BCUT2D eigenvalue weighted by atomic mass is 10.1. The Balaban J connectivity index is 1.89. The fourth-order valence-electron chi connectivity index (χ4n) is 2.13. The summed E-state index contributed by atoms with van der Waals surface area (Å²) in [6.07, 6.45) is 3.47. The first-order valence-corrected chi connectivity index (χ1v) is 7.04. The predicted octanol–water partition coefficient (Wildman–Crippen LogP) is 0.952. The van der Waals surface area contributed by atoms with Crippen LogP contribution in [-0.4, -0.2) is 29.3 Å². The third-order valence-electron chi connectivity index (χ3n) is 3.38. The standard InChI is InChI=1S/C14H23N3O2/c1-11(2)4-7-19-8-6-17-10-16-13-9-15-5-3-12(13)14(17)18/h10-11,15H,3-9H2,1-2H3. The average Bonchev–Trinajstić information content (AvgIpc) is 2.41. The summed E-state index contributed by atoms with van der Waals surface area (Å²) in [6, 6.07) is 0. The quantitative estimate of drug-likeness (QED) is 0.778. The summed E-state index contributed by atoms with van der Waals surface area (Å²) in [5.41, 5.74) is 1.86. The molecule has 1 aliphatic heterocycles. The number of ether oxygens (including phenoxy) is 1. The van der Waals surface area contributed by atoms with Gasteiger partial charge in [0.2, 0.25) is 0 Å². The van der Waals surface area contributed by atoms with Gasteiger partial charge in [0.15, 0.2) is 0 Å². The molecule has 2 heterocycles. The molecular weight excluding hydrogens is 242 g/mol. The van der Waals surface area contributed by atoms with E-state index in [4.69, 9.17) is 4.74 Å². The van der Waals surface area contributed by atoms with Gasteiger partial charge < -0.3 is 10.1 Å². The number of rotatable bonds is 6. The molecule has 1 aromatic rings. The van der Waals surface area contributed by atoms with Gasteiger partial charge in [-0.2, -0.15) is 0 Å². The van der Waals surface area contributed by atoms with E-state index in [1.54, 1.807) is 10.9 Å². The first kappa shape index (κ1) is 14.2. The summed E-state index contributed by atoms with van der Waals surface area (Å²) in [6.45, 7) is 7.84. The zero-order chi connectivity index (χ0) is 13.7. The molecule has 0 radical (unpaired) electrons. The van der Waals surface area contributed by atoms with Crippen molar-refractivity contribution in [3.05, 3.63) is 27.9 Å². The van der Waals surface area contributed by atoms with Gasteiger partial charge in [-0.3, -0.25) is 9.36 Å². The van der Waals surface area contributed by atoms with Gasteiger partial charge in [-0.25, -0.2) is 4.98 Å². The van der Waals surface area contributed by atoms with Crippen LogP contribution in [0.5, 0.6) is 0 Å². The van der Waals surface area contributed by atoms with Crippen molar-refractivity contribution in [3.63, 3.8) is 0 Å². The maximum absolute atomic E-state index is 12.2. The molecule has 0 unspecified atom stereocenters. The average molecular weight is 265 g/mol. The van der Waals surface area contributed by atoms with Gasteiger partial charge in [0.05, 0.1) is 25.2 Å². The van der Waals surface area contributed by atoms with Crippen molar-refractivity contribution in [2.24, 2.45) is 5.92 Å². The van der Waals surface area contributed by atoms with E-state index in [9.17, 15) is 4.79 Å². The normalized spacial score (nSPS) is 14.7. The van der Waals surface area contributed by atoms with Gasteiger partial charge in [-0.1, -0.05) is 13.8 Å². The highest BCUT2D eigenvalue weighted by molar-refractivity contribution is 5.19. The number of aromatic nitrogens is 2. The van der Waals surface area contributed by atoms with E-state index in [2.05, 4.69) is 24.1 Å². The first-order chi connectivity index (χ1) is 9.18. The van der Waals surface area contributed by atoms with Crippen LogP contribution in [0.2, 0.25) is 0 Å². The Morgan fingerprint density at radius 1 is 1.47 bits per heavy atom. The van der Waals surface area contributed by atoms with E-state index in [1.807, 2.05) is 0 Å². The summed E-state index contributed by atoms with van der Waals surface area (Å²) in [5, 5.41) is 3.22. The molecule has 0 saturated heterocycles. The summed E-state index contributed by atoms with van der Waals surface area (Å²) < 4.78 is 7.21. The zero-order valence-electron chi connectivity index (χ0n) is 11.8. The van der Waals surface area contributed by atoms with Crippen LogP contribution in [0.3, 0.4) is 0 Å². The maximum Gasteiger partial charge on any atom is 0.256 e. The number of fused-ring (bicyclic) bond motifs is 1. The fourth-order valence-corrected chi connectivity index (χ4v) is 2.13. The number of hydrogen-bond acceptors (Lipinski definition) is 4. The second-order valence-electron chi connectivity index (χ2n) is 5.39. The molecule has 5 nitrogen and oxygen atoms in total. The van der Waals surface area contributed by atoms with Crippen molar-refractivity contribution in [2.45, 2.75) is 39.8 Å². The maximum atomic E-state index is 12.2. The van der Waals surface area contributed by atoms with Crippen molar-refractivity contribution < 1.29 is 4.74 Å². The van der Waals surface area contributed by atoms with Gasteiger partial charge in [0, 0.05) is 18.7 Å². The molecule has 1 aliphatic rings. The largest absolute Gasteiger partial charge is 0.380 e. The van der Waals surface area contributed by atoms with Crippen LogP contribution in [0, 0.1) is 5.92 Å². The Hall–Kier alpha value is -1.20. The van der Waals surface area contributed by atoms with Gasteiger partial charge in [0.25, 0.3) is 5.56 Å². The Labute approximate surface area is 114 Å². The molecule has 0 saturated carbocycles. The van der Waals surface area contributed by atoms with Crippen molar-refractivity contribution in [1.29, 1.82) is 0 Å². The zero-order valence-corrected chi connectivity index (χ0v) is 11.8. The monoisotopic (exact) mass is 265 g/mol. The van der Waals surface area contributed by atoms with E-state index in [0.717, 1.165) is 37.3 Å². The summed E-state index contributed by atoms with van der Waals surface area (Å²) in [5.74, 6) is 0.653.